The Morgan fingerprint density at radius 2 is 2.00 bits per heavy atom. The van der Waals surface area contributed by atoms with Crippen LogP contribution in [0.5, 0.6) is 0 Å². The van der Waals surface area contributed by atoms with Gasteiger partial charge < -0.3 is 12.8 Å². The predicted octanol–water partition coefficient (Wildman–Crippen LogP) is 0.201. The number of rotatable bonds is 0. The standard InChI is InChI=1S/C2H.V.W/c1-2;;/h1H;;/q-1;;/i1T;;. The fraction of sp³-hybridized carbons (Fsp3) is 0. The van der Waals surface area contributed by atoms with Crippen LogP contribution in [0.3, 0.4) is 0 Å². The molecular weight excluding hydrogens is 259 g/mol. The van der Waals surface area contributed by atoms with Gasteiger partial charge in [0.2, 0.25) is 0 Å². The van der Waals surface area contributed by atoms with Crippen molar-refractivity contribution in [1.29, 1.82) is 0 Å². The van der Waals surface area contributed by atoms with Gasteiger partial charge in [0.25, 0.3) is 0 Å². The van der Waals surface area contributed by atoms with E-state index in [0.29, 0.717) is 0 Å². The zero-order chi connectivity index (χ0) is 2.71. The zero-order valence-electron chi connectivity index (χ0n) is 2.86. The Morgan fingerprint density at radius 1 is 2.00 bits per heavy atom. The van der Waals surface area contributed by atoms with Gasteiger partial charge in [0.1, 0.15) is 0 Å². The van der Waals surface area contributed by atoms with Crippen LogP contribution in [0, 0.1) is 12.8 Å². The first-order chi connectivity index (χ1) is 1.41. The normalized spacial score (nSPS) is 2.25. The minimum atomic E-state index is 0. The summed E-state index contributed by atoms with van der Waals surface area (Å²) in [6.45, 7) is 0. The van der Waals surface area contributed by atoms with Gasteiger partial charge in [0, 0.05) is 39.6 Å². The molecule has 0 saturated heterocycles. The van der Waals surface area contributed by atoms with E-state index in [1.54, 1.807) is 0 Å². The van der Waals surface area contributed by atoms with E-state index in [4.69, 9.17) is 7.79 Å². The minimum Gasteiger partial charge on any atom is -0.697 e. The van der Waals surface area contributed by atoms with E-state index >= 15 is 0 Å². The van der Waals surface area contributed by atoms with Crippen LogP contribution in [-0.2, 0) is 39.6 Å². The molecule has 0 aliphatic carbocycles. The zero-order valence-corrected chi connectivity index (χ0v) is 6.19. The molecule has 0 amide bonds. The van der Waals surface area contributed by atoms with Crippen LogP contribution in [0.1, 0.15) is 1.37 Å². The summed E-state index contributed by atoms with van der Waals surface area (Å²) < 4.78 is 5.62. The van der Waals surface area contributed by atoms with Crippen molar-refractivity contribution < 1.29 is 41.0 Å². The Hall–Kier alpha value is 0.833. The predicted molar refractivity (Wildman–Crippen MR) is 8.19 cm³/mol. The molecule has 0 atom stereocenters. The molecule has 0 heterocycles. The summed E-state index contributed by atoms with van der Waals surface area (Å²) in [5.74, 6) is 0. The third-order valence-corrected chi connectivity index (χ3v) is 0. The molecule has 0 fully saturated rings. The van der Waals surface area contributed by atoms with Crippen molar-refractivity contribution in [2.75, 3.05) is 0 Å². The second kappa shape index (κ2) is 44.4. The van der Waals surface area contributed by atoms with E-state index in [2.05, 4.69) is 0 Å². The third-order valence-electron chi connectivity index (χ3n) is 0. The summed E-state index contributed by atoms with van der Waals surface area (Å²) in [5, 5.41) is 0. The molecule has 0 aromatic rings. The van der Waals surface area contributed by atoms with Crippen LogP contribution in [0.4, 0.5) is 0 Å². The van der Waals surface area contributed by atoms with Gasteiger partial charge in [-0.1, -0.05) is 0 Å². The fourth-order valence-electron chi connectivity index (χ4n) is 0. The van der Waals surface area contributed by atoms with Gasteiger partial charge in [0.05, 0.1) is 1.37 Å². The molecule has 21 valence electrons. The molecule has 0 aromatic carbocycles. The molecule has 1 radical (unpaired) electrons. The van der Waals surface area contributed by atoms with Gasteiger partial charge in [-0.05, 0) is 0 Å². The van der Waals surface area contributed by atoms with Crippen LogP contribution >= 0.6 is 0 Å². The van der Waals surface area contributed by atoms with E-state index in [0.717, 1.165) is 0 Å². The maximum Gasteiger partial charge on any atom is 0.0741 e. The monoisotopic (exact) mass is 262 g/mol. The van der Waals surface area contributed by atoms with Gasteiger partial charge in [-0.15, -0.1) is 0 Å². The Bertz CT molecular complexity index is 31.1. The largest absolute Gasteiger partial charge is 0.697 e. The summed E-state index contributed by atoms with van der Waals surface area (Å²) in [5.41, 5.74) is 0. The van der Waals surface area contributed by atoms with Crippen LogP contribution < -0.4 is 0 Å². The van der Waals surface area contributed by atoms with Crippen LogP contribution in [0.2, 0.25) is 0 Å². The van der Waals surface area contributed by atoms with Gasteiger partial charge in [-0.25, -0.2) is 0 Å². The maximum absolute atomic E-state index is 5.62. The first-order valence-corrected chi connectivity index (χ1v) is 0.250. The fourth-order valence-corrected chi connectivity index (χ4v) is 0. The first-order valence-electron chi connectivity index (χ1n) is 0.750. The van der Waals surface area contributed by atoms with Gasteiger partial charge in [-0.2, -0.15) is 0 Å². The van der Waals surface area contributed by atoms with Crippen LogP contribution in [0.15, 0.2) is 0 Å². The summed E-state index contributed by atoms with van der Waals surface area (Å²) in [6, 6.07) is 0. The van der Waals surface area contributed by atoms with E-state index in [-0.39, 0.29) is 39.6 Å². The van der Waals surface area contributed by atoms with E-state index in [1.165, 1.54) is 6.40 Å². The Labute approximate surface area is 53.9 Å². The second-order valence-electron chi connectivity index (χ2n) is 0. The molecule has 0 aromatic heterocycles. The Morgan fingerprint density at radius 3 is 2.00 bits per heavy atom. The molecule has 4 heavy (non-hydrogen) atoms. The van der Waals surface area contributed by atoms with Crippen LogP contribution in [0.25, 0.3) is 0 Å². The molecule has 0 nitrogen and oxygen atoms in total. The van der Waals surface area contributed by atoms with Crippen molar-refractivity contribution in [2.45, 2.75) is 0 Å². The number of hydrogen-bond donors (Lipinski definition) is 0. The smallest absolute Gasteiger partial charge is 0.0741 e. The van der Waals surface area contributed by atoms with Crippen molar-refractivity contribution >= 4 is 0 Å². The van der Waals surface area contributed by atoms with E-state index in [9.17, 15) is 0 Å². The molecule has 0 spiro atoms. The summed E-state index contributed by atoms with van der Waals surface area (Å²) >= 11 is 0. The second-order valence-corrected chi connectivity index (χ2v) is 0. The van der Waals surface area contributed by atoms with Gasteiger partial charge in [0.15, 0.2) is 0 Å². The molecule has 0 rings (SSSR count). The molecule has 2 heteroatoms. The molecule has 0 saturated carbocycles. The summed E-state index contributed by atoms with van der Waals surface area (Å²) in [6.07, 6.45) is 6.88. The average Bonchev–Trinajstić information content (AvgIpc) is 0.918. The first kappa shape index (κ1) is 8.85. The summed E-state index contributed by atoms with van der Waals surface area (Å²) in [4.78, 5) is 0. The summed E-state index contributed by atoms with van der Waals surface area (Å²) in [7, 11) is 0. The van der Waals surface area contributed by atoms with Crippen molar-refractivity contribution in [3.63, 3.8) is 0 Å². The Balaban J connectivity index is -0.0000000200. The topological polar surface area (TPSA) is 0 Å². The molecular formula is C2HVW-. The van der Waals surface area contributed by atoms with Crippen molar-refractivity contribution in [3.05, 3.63) is 6.42 Å². The molecule has 0 aliphatic rings. The molecule has 0 bridgehead atoms. The third kappa shape index (κ3) is 13.7. The number of terminal acetylenes is 1. The number of hydrogen-bond acceptors (Lipinski definition) is 0. The maximum atomic E-state index is 5.62. The van der Waals surface area contributed by atoms with Crippen LogP contribution in [-0.4, -0.2) is 0 Å². The van der Waals surface area contributed by atoms with Gasteiger partial charge >= 0.3 is 0 Å². The van der Waals surface area contributed by atoms with Gasteiger partial charge in [-0.3, -0.25) is 0 Å². The molecule has 0 unspecified atom stereocenters. The average molecular weight is 262 g/mol. The minimum absolute atomic E-state index is 0. The quantitative estimate of drug-likeness (QED) is 0.432. The van der Waals surface area contributed by atoms with E-state index < -0.39 is 0 Å². The van der Waals surface area contributed by atoms with Crippen molar-refractivity contribution in [2.24, 2.45) is 0 Å². The van der Waals surface area contributed by atoms with E-state index in [1.807, 2.05) is 0 Å². The SMILES string of the molecule is [3H]C#[C-].[V].[W]. The Kier molecular flexibility index (Phi) is 98.1. The molecule has 0 N–H and O–H groups in total. The van der Waals surface area contributed by atoms with Crippen molar-refractivity contribution in [1.82, 2.24) is 0 Å². The van der Waals surface area contributed by atoms with Crippen molar-refractivity contribution in [3.8, 4) is 6.40 Å². The molecule has 0 aliphatic heterocycles.